The summed E-state index contributed by atoms with van der Waals surface area (Å²) in [7, 11) is 0. The smallest absolute Gasteiger partial charge is 0.371 e. The first kappa shape index (κ1) is 16.9. The molecule has 28 heavy (non-hydrogen) atoms. The highest BCUT2D eigenvalue weighted by Gasteiger charge is 2.19. The van der Waals surface area contributed by atoms with Gasteiger partial charge in [0.15, 0.2) is 0 Å². The predicted molar refractivity (Wildman–Crippen MR) is 109 cm³/mol. The van der Waals surface area contributed by atoms with Crippen LogP contribution in [0.1, 0.15) is 16.1 Å². The number of anilines is 1. The van der Waals surface area contributed by atoms with Gasteiger partial charge in [0.05, 0.1) is 0 Å². The molecule has 6 heteroatoms. The number of furan rings is 1. The Bertz CT molecular complexity index is 1150. The lowest BCUT2D eigenvalue weighted by Crippen LogP contribution is -2.45. The average molecular weight is 375 g/mol. The molecule has 4 aromatic rings. The Morgan fingerprint density at radius 3 is 2.71 bits per heavy atom. The van der Waals surface area contributed by atoms with Gasteiger partial charge in [-0.05, 0) is 35.9 Å². The van der Waals surface area contributed by atoms with E-state index >= 15 is 0 Å². The summed E-state index contributed by atoms with van der Waals surface area (Å²) >= 11 is 0. The Hall–Kier alpha value is -3.25. The summed E-state index contributed by atoms with van der Waals surface area (Å²) in [5.41, 5.74) is 4.24. The molecule has 5 rings (SSSR count). The first-order chi connectivity index (χ1) is 13.7. The zero-order valence-corrected chi connectivity index (χ0v) is 15.4. The van der Waals surface area contributed by atoms with Crippen LogP contribution in [-0.2, 0) is 6.54 Å². The van der Waals surface area contributed by atoms with E-state index in [2.05, 4.69) is 45.2 Å². The SMILES string of the molecule is O=C(O)c1cc2cc(N3CCN(Cc4c[nH]c5ccccc45)CC3)ccc2o1. The minimum atomic E-state index is -1.04. The number of nitrogens with one attached hydrogen (secondary N) is 1. The van der Waals surface area contributed by atoms with E-state index in [1.54, 1.807) is 6.07 Å². The van der Waals surface area contributed by atoms with Gasteiger partial charge in [-0.15, -0.1) is 0 Å². The van der Waals surface area contributed by atoms with Gasteiger partial charge in [-0.2, -0.15) is 0 Å². The highest BCUT2D eigenvalue weighted by Crippen LogP contribution is 2.27. The molecule has 6 nitrogen and oxygen atoms in total. The van der Waals surface area contributed by atoms with Crippen molar-refractivity contribution >= 4 is 33.5 Å². The second-order valence-electron chi connectivity index (χ2n) is 7.26. The number of piperazine rings is 1. The van der Waals surface area contributed by atoms with E-state index < -0.39 is 5.97 Å². The quantitative estimate of drug-likeness (QED) is 0.565. The molecule has 3 heterocycles. The molecule has 0 atom stereocenters. The fourth-order valence-corrected chi connectivity index (χ4v) is 4.00. The van der Waals surface area contributed by atoms with Crippen molar-refractivity contribution in [1.82, 2.24) is 9.88 Å². The van der Waals surface area contributed by atoms with E-state index in [1.165, 1.54) is 16.5 Å². The second-order valence-corrected chi connectivity index (χ2v) is 7.26. The van der Waals surface area contributed by atoms with Gasteiger partial charge < -0.3 is 19.4 Å². The number of fused-ring (bicyclic) bond motifs is 2. The zero-order chi connectivity index (χ0) is 19.1. The predicted octanol–water partition coefficient (Wildman–Crippen LogP) is 3.93. The summed E-state index contributed by atoms with van der Waals surface area (Å²) in [4.78, 5) is 19.3. The number of carboxylic acid groups (broad SMARTS) is 1. The molecule has 1 saturated heterocycles. The van der Waals surface area contributed by atoms with Crippen molar-refractivity contribution in [1.29, 1.82) is 0 Å². The molecule has 1 fully saturated rings. The fourth-order valence-electron chi connectivity index (χ4n) is 4.00. The molecule has 2 aromatic carbocycles. The van der Waals surface area contributed by atoms with Crippen LogP contribution in [-0.4, -0.2) is 47.1 Å². The number of para-hydroxylation sites is 1. The molecule has 142 valence electrons. The summed E-state index contributed by atoms with van der Waals surface area (Å²) < 4.78 is 5.35. The van der Waals surface area contributed by atoms with Crippen LogP contribution in [0.3, 0.4) is 0 Å². The maximum absolute atomic E-state index is 11.1. The van der Waals surface area contributed by atoms with E-state index in [-0.39, 0.29) is 5.76 Å². The van der Waals surface area contributed by atoms with Gasteiger partial charge in [-0.25, -0.2) is 4.79 Å². The van der Waals surface area contributed by atoms with Gasteiger partial charge in [0.2, 0.25) is 5.76 Å². The Kier molecular flexibility index (Phi) is 4.06. The topological polar surface area (TPSA) is 72.7 Å². The first-order valence-corrected chi connectivity index (χ1v) is 9.46. The highest BCUT2D eigenvalue weighted by atomic mass is 16.4. The lowest BCUT2D eigenvalue weighted by molar-refractivity contribution is 0.0665. The third kappa shape index (κ3) is 3.01. The number of aromatic carboxylic acids is 1. The Labute approximate surface area is 162 Å². The van der Waals surface area contributed by atoms with E-state index in [0.717, 1.165) is 43.8 Å². The number of nitrogens with zero attached hydrogens (tertiary/aromatic N) is 2. The lowest BCUT2D eigenvalue weighted by Gasteiger charge is -2.36. The van der Waals surface area contributed by atoms with Gasteiger partial charge in [-0.1, -0.05) is 18.2 Å². The third-order valence-electron chi connectivity index (χ3n) is 5.52. The first-order valence-electron chi connectivity index (χ1n) is 9.46. The van der Waals surface area contributed by atoms with E-state index in [1.807, 2.05) is 18.2 Å². The van der Waals surface area contributed by atoms with Crippen molar-refractivity contribution in [2.75, 3.05) is 31.1 Å². The highest BCUT2D eigenvalue weighted by molar-refractivity contribution is 5.92. The van der Waals surface area contributed by atoms with Crippen molar-refractivity contribution in [3.05, 3.63) is 66.1 Å². The van der Waals surface area contributed by atoms with Crippen LogP contribution in [0.15, 0.2) is 59.1 Å². The minimum absolute atomic E-state index is 0.0179. The summed E-state index contributed by atoms with van der Waals surface area (Å²) in [5.74, 6) is -1.06. The summed E-state index contributed by atoms with van der Waals surface area (Å²) in [6.07, 6.45) is 2.11. The van der Waals surface area contributed by atoms with Crippen molar-refractivity contribution in [3.63, 3.8) is 0 Å². The largest absolute Gasteiger partial charge is 0.475 e. The summed E-state index contributed by atoms with van der Waals surface area (Å²) in [5, 5.41) is 11.2. The average Bonchev–Trinajstić information content (AvgIpc) is 3.33. The molecule has 0 aliphatic carbocycles. The fraction of sp³-hybridized carbons (Fsp3) is 0.227. The van der Waals surface area contributed by atoms with Gasteiger partial charge in [-0.3, -0.25) is 4.90 Å². The van der Waals surface area contributed by atoms with Crippen LogP contribution in [0.4, 0.5) is 5.69 Å². The summed E-state index contributed by atoms with van der Waals surface area (Å²) in [6, 6.07) is 15.9. The molecule has 2 N–H and O–H groups in total. The molecular weight excluding hydrogens is 354 g/mol. The van der Waals surface area contributed by atoms with Gasteiger partial charge in [0.25, 0.3) is 0 Å². The van der Waals surface area contributed by atoms with Crippen LogP contribution in [0, 0.1) is 0 Å². The van der Waals surface area contributed by atoms with Gasteiger partial charge in [0.1, 0.15) is 5.58 Å². The maximum atomic E-state index is 11.1. The maximum Gasteiger partial charge on any atom is 0.371 e. The Balaban J connectivity index is 1.28. The summed E-state index contributed by atoms with van der Waals surface area (Å²) in [6.45, 7) is 4.81. The van der Waals surface area contributed by atoms with Crippen LogP contribution < -0.4 is 4.90 Å². The molecule has 2 aromatic heterocycles. The zero-order valence-electron chi connectivity index (χ0n) is 15.4. The molecule has 0 saturated carbocycles. The molecule has 0 amide bonds. The number of aromatic nitrogens is 1. The number of carbonyl (C=O) groups is 1. The van der Waals surface area contributed by atoms with E-state index in [4.69, 9.17) is 9.52 Å². The Morgan fingerprint density at radius 2 is 1.89 bits per heavy atom. The van der Waals surface area contributed by atoms with E-state index in [0.29, 0.717) is 5.58 Å². The van der Waals surface area contributed by atoms with Gasteiger partial charge >= 0.3 is 5.97 Å². The number of benzene rings is 2. The van der Waals surface area contributed by atoms with Crippen LogP contribution in [0.2, 0.25) is 0 Å². The number of rotatable bonds is 4. The number of hydrogen-bond acceptors (Lipinski definition) is 4. The van der Waals surface area contributed by atoms with E-state index in [9.17, 15) is 4.79 Å². The number of aromatic amines is 1. The standard InChI is InChI=1S/C22H21N3O3/c26-22(27)21-12-15-11-17(5-6-20(15)28-21)25-9-7-24(8-10-25)14-16-13-23-19-4-2-1-3-18(16)19/h1-6,11-13,23H,7-10,14H2,(H,26,27). The van der Waals surface area contributed by atoms with Crippen LogP contribution >= 0.6 is 0 Å². The van der Waals surface area contributed by atoms with Crippen LogP contribution in [0.5, 0.6) is 0 Å². The third-order valence-corrected chi connectivity index (χ3v) is 5.52. The van der Waals surface area contributed by atoms with Crippen molar-refractivity contribution in [2.24, 2.45) is 0 Å². The monoisotopic (exact) mass is 375 g/mol. The number of hydrogen-bond donors (Lipinski definition) is 2. The second kappa shape index (κ2) is 6.73. The number of H-pyrrole nitrogens is 1. The minimum Gasteiger partial charge on any atom is -0.475 e. The molecule has 0 unspecified atom stereocenters. The molecule has 0 radical (unpaired) electrons. The molecule has 0 bridgehead atoms. The molecule has 0 spiro atoms. The van der Waals surface area contributed by atoms with Crippen LogP contribution in [0.25, 0.3) is 21.9 Å². The molecular formula is C22H21N3O3. The van der Waals surface area contributed by atoms with Crippen molar-refractivity contribution in [2.45, 2.75) is 6.54 Å². The Morgan fingerprint density at radius 1 is 1.07 bits per heavy atom. The van der Waals surface area contributed by atoms with Crippen molar-refractivity contribution in [3.8, 4) is 0 Å². The lowest BCUT2D eigenvalue weighted by atomic mass is 10.1. The number of carboxylic acids is 1. The van der Waals surface area contributed by atoms with Gasteiger partial charge in [0, 0.05) is 60.9 Å². The molecule has 1 aliphatic heterocycles. The normalized spacial score (nSPS) is 15.5. The molecule has 1 aliphatic rings. The van der Waals surface area contributed by atoms with Crippen molar-refractivity contribution < 1.29 is 14.3 Å².